The van der Waals surface area contributed by atoms with Gasteiger partial charge in [0.05, 0.1) is 17.8 Å². The number of nitrogens with zero attached hydrogens (tertiary/aromatic N) is 2. The van der Waals surface area contributed by atoms with Gasteiger partial charge in [0.2, 0.25) is 11.7 Å². The molecule has 1 unspecified atom stereocenters. The van der Waals surface area contributed by atoms with Gasteiger partial charge in [-0.1, -0.05) is 41.4 Å². The van der Waals surface area contributed by atoms with Crippen molar-refractivity contribution in [2.75, 3.05) is 11.9 Å². The normalized spacial score (nSPS) is 15.5. The van der Waals surface area contributed by atoms with Gasteiger partial charge < -0.3 is 15.1 Å². The summed E-state index contributed by atoms with van der Waals surface area (Å²) in [5.74, 6) is -0.897. The monoisotopic (exact) mass is 444 g/mol. The van der Waals surface area contributed by atoms with Crippen molar-refractivity contribution in [2.24, 2.45) is 4.40 Å². The molecule has 10 heteroatoms. The van der Waals surface area contributed by atoms with Gasteiger partial charge in [0.15, 0.2) is 0 Å². The standard InChI is InChI=1S/C20H17ClN4O4S/c1-12-3-2-4-13(9-12)15(20-22-7-8-29-20)11-23-19(26)18-24-16-6-5-14(21)10-17(16)30(27,28)25-18/h2-10,15H,11H2,1H3,(H,23,26)(H,24,25). The molecular weight excluding hydrogens is 428 g/mol. The van der Waals surface area contributed by atoms with Crippen molar-refractivity contribution in [1.29, 1.82) is 0 Å². The highest BCUT2D eigenvalue weighted by molar-refractivity contribution is 7.90. The van der Waals surface area contributed by atoms with E-state index in [1.54, 1.807) is 0 Å². The van der Waals surface area contributed by atoms with Crippen LogP contribution in [0.3, 0.4) is 0 Å². The van der Waals surface area contributed by atoms with Gasteiger partial charge in [-0.3, -0.25) is 4.79 Å². The van der Waals surface area contributed by atoms with Crippen LogP contribution >= 0.6 is 11.6 Å². The Kier molecular flexibility index (Phi) is 5.31. The largest absolute Gasteiger partial charge is 0.448 e. The Hall–Kier alpha value is -3.17. The number of hydrogen-bond donors (Lipinski definition) is 2. The molecule has 1 aliphatic heterocycles. The van der Waals surface area contributed by atoms with E-state index in [1.165, 1.54) is 30.7 Å². The maximum atomic E-state index is 12.7. The quantitative estimate of drug-likeness (QED) is 0.625. The minimum atomic E-state index is -4.05. The van der Waals surface area contributed by atoms with Crippen LogP contribution < -0.4 is 10.6 Å². The fourth-order valence-electron chi connectivity index (χ4n) is 3.15. The summed E-state index contributed by atoms with van der Waals surface area (Å²) in [6, 6.07) is 12.1. The van der Waals surface area contributed by atoms with Crippen LogP contribution in [0, 0.1) is 6.92 Å². The number of anilines is 1. The summed E-state index contributed by atoms with van der Waals surface area (Å²) >= 11 is 5.87. The molecule has 0 fully saturated rings. The van der Waals surface area contributed by atoms with Crippen LogP contribution in [0.15, 0.2) is 68.6 Å². The van der Waals surface area contributed by atoms with Crippen LogP contribution in [-0.2, 0) is 14.8 Å². The van der Waals surface area contributed by atoms with Gasteiger partial charge in [-0.15, -0.1) is 4.40 Å². The molecule has 1 atom stereocenters. The Bertz CT molecular complexity index is 1240. The number of halogens is 1. The van der Waals surface area contributed by atoms with E-state index in [2.05, 4.69) is 20.0 Å². The maximum Gasteiger partial charge on any atom is 0.287 e. The molecule has 30 heavy (non-hydrogen) atoms. The smallest absolute Gasteiger partial charge is 0.287 e. The molecule has 0 radical (unpaired) electrons. The first-order valence-corrected chi connectivity index (χ1v) is 10.8. The third-order valence-electron chi connectivity index (χ3n) is 4.56. The molecule has 4 rings (SSSR count). The average molecular weight is 445 g/mol. The van der Waals surface area contributed by atoms with E-state index < -0.39 is 15.9 Å². The number of hydrogen-bond acceptors (Lipinski definition) is 6. The van der Waals surface area contributed by atoms with E-state index in [4.69, 9.17) is 16.0 Å². The Labute approximate surface area is 178 Å². The van der Waals surface area contributed by atoms with Gasteiger partial charge >= 0.3 is 0 Å². The third kappa shape index (κ3) is 4.07. The lowest BCUT2D eigenvalue weighted by molar-refractivity contribution is -0.114. The summed E-state index contributed by atoms with van der Waals surface area (Å²) in [5.41, 5.74) is 2.20. The second-order valence-electron chi connectivity index (χ2n) is 6.73. The number of aromatic nitrogens is 1. The maximum absolute atomic E-state index is 12.7. The van der Waals surface area contributed by atoms with E-state index in [0.717, 1.165) is 11.1 Å². The zero-order valence-electron chi connectivity index (χ0n) is 15.8. The number of carbonyl (C=O) groups is 1. The van der Waals surface area contributed by atoms with E-state index in [0.29, 0.717) is 5.89 Å². The topological polar surface area (TPSA) is 114 Å². The van der Waals surface area contributed by atoms with Gasteiger partial charge in [0.1, 0.15) is 11.2 Å². The molecule has 1 aliphatic rings. The SMILES string of the molecule is Cc1cccc(C(CNC(=O)C2=NS(=O)(=O)c3cc(Cl)ccc3N2)c2ncco2)c1. The van der Waals surface area contributed by atoms with Crippen molar-refractivity contribution in [3.05, 3.63) is 77.0 Å². The molecule has 2 N–H and O–H groups in total. The summed E-state index contributed by atoms with van der Waals surface area (Å²) < 4.78 is 33.9. The van der Waals surface area contributed by atoms with Crippen LogP contribution in [0.25, 0.3) is 0 Å². The fourth-order valence-corrected chi connectivity index (χ4v) is 4.53. The van der Waals surface area contributed by atoms with E-state index in [9.17, 15) is 13.2 Å². The third-order valence-corrected chi connectivity index (χ3v) is 6.11. The zero-order chi connectivity index (χ0) is 21.3. The minimum absolute atomic E-state index is 0.0797. The molecule has 1 amide bonds. The Morgan fingerprint density at radius 3 is 2.83 bits per heavy atom. The van der Waals surface area contributed by atoms with E-state index >= 15 is 0 Å². The molecule has 3 aromatic rings. The first kappa shape index (κ1) is 20.1. The highest BCUT2D eigenvalue weighted by Crippen LogP contribution is 2.30. The number of sulfonamides is 1. The second-order valence-corrected chi connectivity index (χ2v) is 8.74. The first-order valence-electron chi connectivity index (χ1n) is 8.99. The number of amides is 1. The van der Waals surface area contributed by atoms with Gasteiger partial charge in [-0.05, 0) is 30.7 Å². The summed E-state index contributed by atoms with van der Waals surface area (Å²) in [4.78, 5) is 16.8. The molecule has 2 aromatic carbocycles. The van der Waals surface area contributed by atoms with Crippen LogP contribution in [0.5, 0.6) is 0 Å². The Balaban J connectivity index is 1.56. The summed E-state index contributed by atoms with van der Waals surface area (Å²) in [6.45, 7) is 2.10. The number of nitrogens with one attached hydrogen (secondary N) is 2. The molecule has 154 valence electrons. The average Bonchev–Trinajstić information content (AvgIpc) is 3.22. The molecule has 0 spiro atoms. The number of oxazole rings is 1. The summed E-state index contributed by atoms with van der Waals surface area (Å²) in [7, 11) is -4.05. The number of aryl methyl sites for hydroxylation is 1. The van der Waals surface area contributed by atoms with Crippen LogP contribution in [0.4, 0.5) is 5.69 Å². The second kappa shape index (κ2) is 7.92. The van der Waals surface area contributed by atoms with Gasteiger partial charge in [0.25, 0.3) is 15.9 Å². The predicted octanol–water partition coefficient (Wildman–Crippen LogP) is 3.10. The number of amidine groups is 1. The molecular formula is C20H17ClN4O4S. The number of carbonyl (C=O) groups excluding carboxylic acids is 1. The van der Waals surface area contributed by atoms with Crippen molar-refractivity contribution in [1.82, 2.24) is 10.3 Å². The molecule has 0 saturated heterocycles. The van der Waals surface area contributed by atoms with Crippen molar-refractivity contribution < 1.29 is 17.6 Å². The molecule has 0 bridgehead atoms. The molecule has 2 heterocycles. The molecule has 1 aromatic heterocycles. The van der Waals surface area contributed by atoms with E-state index in [-0.39, 0.29) is 33.9 Å². The first-order chi connectivity index (χ1) is 14.3. The lowest BCUT2D eigenvalue weighted by atomic mass is 9.97. The summed E-state index contributed by atoms with van der Waals surface area (Å²) in [5, 5.41) is 5.72. The van der Waals surface area contributed by atoms with Crippen LogP contribution in [-0.4, -0.2) is 31.7 Å². The lowest BCUT2D eigenvalue weighted by Crippen LogP contribution is -2.40. The Morgan fingerprint density at radius 1 is 1.27 bits per heavy atom. The molecule has 8 nitrogen and oxygen atoms in total. The summed E-state index contributed by atoms with van der Waals surface area (Å²) in [6.07, 6.45) is 2.99. The molecule has 0 aliphatic carbocycles. The highest BCUT2D eigenvalue weighted by atomic mass is 35.5. The highest BCUT2D eigenvalue weighted by Gasteiger charge is 2.29. The molecule has 0 saturated carbocycles. The van der Waals surface area contributed by atoms with Crippen molar-refractivity contribution in [3.8, 4) is 0 Å². The van der Waals surface area contributed by atoms with Crippen LogP contribution in [0.2, 0.25) is 5.02 Å². The number of benzene rings is 2. The fraction of sp³-hybridized carbons (Fsp3) is 0.150. The number of rotatable bonds is 5. The Morgan fingerprint density at radius 2 is 2.10 bits per heavy atom. The van der Waals surface area contributed by atoms with Crippen LogP contribution in [0.1, 0.15) is 22.9 Å². The minimum Gasteiger partial charge on any atom is -0.448 e. The van der Waals surface area contributed by atoms with E-state index in [1.807, 2.05) is 31.2 Å². The lowest BCUT2D eigenvalue weighted by Gasteiger charge is -2.19. The van der Waals surface area contributed by atoms with Gasteiger partial charge in [-0.2, -0.15) is 8.42 Å². The zero-order valence-corrected chi connectivity index (χ0v) is 17.4. The van der Waals surface area contributed by atoms with Gasteiger partial charge in [-0.25, -0.2) is 4.98 Å². The number of fused-ring (bicyclic) bond motifs is 1. The van der Waals surface area contributed by atoms with Gasteiger partial charge in [0, 0.05) is 11.6 Å². The predicted molar refractivity (Wildman–Crippen MR) is 112 cm³/mol. The van der Waals surface area contributed by atoms with Crippen molar-refractivity contribution in [2.45, 2.75) is 17.7 Å². The van der Waals surface area contributed by atoms with Crippen molar-refractivity contribution >= 4 is 39.1 Å². The van der Waals surface area contributed by atoms with Crippen molar-refractivity contribution in [3.63, 3.8) is 0 Å².